The number of thiazole rings is 1. The average Bonchev–Trinajstić information content (AvgIpc) is 3.32. The Morgan fingerprint density at radius 3 is 2.22 bits per heavy atom. The second-order valence-corrected chi connectivity index (χ2v) is 8.88. The summed E-state index contributed by atoms with van der Waals surface area (Å²) in [5.41, 5.74) is 2.31. The van der Waals surface area contributed by atoms with E-state index in [9.17, 15) is 9.59 Å². The Morgan fingerprint density at radius 2 is 1.59 bits per heavy atom. The summed E-state index contributed by atoms with van der Waals surface area (Å²) in [6.07, 6.45) is 0.945. The van der Waals surface area contributed by atoms with Crippen molar-refractivity contribution in [2.75, 3.05) is 26.2 Å². The predicted octanol–water partition coefficient (Wildman–Crippen LogP) is 4.54. The summed E-state index contributed by atoms with van der Waals surface area (Å²) in [5.74, 6) is 0.594. The molecule has 1 aromatic heterocycles. The fourth-order valence-electron chi connectivity index (χ4n) is 3.49. The number of rotatable bonds is 6. The minimum atomic E-state index is -0.113. The van der Waals surface area contributed by atoms with E-state index in [2.05, 4.69) is 11.9 Å². The number of aromatic nitrogens is 1. The van der Waals surface area contributed by atoms with Crippen LogP contribution >= 0.6 is 22.9 Å². The normalized spacial score (nSPS) is 13.8. The second-order valence-electron chi connectivity index (χ2n) is 7.50. The molecule has 32 heavy (non-hydrogen) atoms. The molecule has 0 unspecified atom stereocenters. The van der Waals surface area contributed by atoms with Gasteiger partial charge in [-0.25, -0.2) is 4.98 Å². The predicted molar refractivity (Wildman–Crippen MR) is 126 cm³/mol. The Labute approximate surface area is 196 Å². The first kappa shape index (κ1) is 22.3. The van der Waals surface area contributed by atoms with Gasteiger partial charge in [0.15, 0.2) is 0 Å². The summed E-state index contributed by atoms with van der Waals surface area (Å²) in [5, 5.41) is 3.14. The number of halogens is 1. The first-order chi connectivity index (χ1) is 15.5. The quantitative estimate of drug-likeness (QED) is 0.532. The third-order valence-electron chi connectivity index (χ3n) is 5.41. The molecule has 1 fully saturated rings. The van der Waals surface area contributed by atoms with Crippen LogP contribution in [0, 0.1) is 0 Å². The first-order valence-electron chi connectivity index (χ1n) is 10.5. The van der Waals surface area contributed by atoms with Gasteiger partial charge in [-0.3, -0.25) is 9.59 Å². The average molecular weight is 470 g/mol. The van der Waals surface area contributed by atoms with Crippen LogP contribution in [-0.4, -0.2) is 52.8 Å². The highest BCUT2D eigenvalue weighted by Crippen LogP contribution is 2.19. The minimum Gasteiger partial charge on any atom is -0.486 e. The molecule has 166 valence electrons. The molecule has 1 aliphatic heterocycles. The highest BCUT2D eigenvalue weighted by Gasteiger charge is 2.26. The van der Waals surface area contributed by atoms with Crippen molar-refractivity contribution >= 4 is 34.8 Å². The van der Waals surface area contributed by atoms with Gasteiger partial charge in [0, 0.05) is 42.1 Å². The van der Waals surface area contributed by atoms with Gasteiger partial charge in [0.2, 0.25) is 0 Å². The lowest BCUT2D eigenvalue weighted by Crippen LogP contribution is -2.50. The van der Waals surface area contributed by atoms with Crippen LogP contribution in [0.25, 0.3) is 0 Å². The van der Waals surface area contributed by atoms with Crippen LogP contribution in [0.2, 0.25) is 5.02 Å². The van der Waals surface area contributed by atoms with Gasteiger partial charge in [-0.15, -0.1) is 11.3 Å². The van der Waals surface area contributed by atoms with Crippen molar-refractivity contribution in [2.45, 2.75) is 20.0 Å². The van der Waals surface area contributed by atoms with Crippen molar-refractivity contribution in [1.82, 2.24) is 14.8 Å². The van der Waals surface area contributed by atoms with Crippen LogP contribution in [0.1, 0.15) is 38.3 Å². The van der Waals surface area contributed by atoms with Gasteiger partial charge in [0.1, 0.15) is 23.1 Å². The summed E-state index contributed by atoms with van der Waals surface area (Å²) in [6.45, 7) is 4.38. The van der Waals surface area contributed by atoms with E-state index in [0.717, 1.165) is 11.4 Å². The molecule has 0 aliphatic carbocycles. The number of carbonyl (C=O) groups is 2. The third kappa shape index (κ3) is 5.29. The highest BCUT2D eigenvalue weighted by molar-refractivity contribution is 7.09. The SMILES string of the molecule is CCc1ccc(C(=O)N2CCN(C(=O)c3csc(COc4ccc(Cl)cc4)n3)CC2)cc1. The molecule has 8 heteroatoms. The zero-order valence-electron chi connectivity index (χ0n) is 17.8. The molecule has 0 radical (unpaired) electrons. The first-order valence-corrected chi connectivity index (χ1v) is 11.8. The van der Waals surface area contributed by atoms with Crippen LogP contribution < -0.4 is 4.74 Å². The Kier molecular flexibility index (Phi) is 7.07. The number of amides is 2. The van der Waals surface area contributed by atoms with E-state index in [1.54, 1.807) is 39.4 Å². The van der Waals surface area contributed by atoms with Crippen molar-refractivity contribution in [3.05, 3.63) is 80.8 Å². The van der Waals surface area contributed by atoms with Crippen LogP contribution in [0.3, 0.4) is 0 Å². The molecule has 0 atom stereocenters. The number of nitrogens with zero attached hydrogens (tertiary/aromatic N) is 3. The van der Waals surface area contributed by atoms with Crippen molar-refractivity contribution in [3.8, 4) is 5.75 Å². The molecular formula is C24H24ClN3O3S. The summed E-state index contributed by atoms with van der Waals surface area (Å²) < 4.78 is 5.70. The monoisotopic (exact) mass is 469 g/mol. The van der Waals surface area contributed by atoms with E-state index in [1.165, 1.54) is 16.9 Å². The number of hydrogen-bond acceptors (Lipinski definition) is 5. The maximum absolute atomic E-state index is 12.9. The lowest BCUT2D eigenvalue weighted by molar-refractivity contribution is 0.0532. The summed E-state index contributed by atoms with van der Waals surface area (Å²) in [6, 6.07) is 14.8. The van der Waals surface area contributed by atoms with Crippen molar-refractivity contribution in [2.24, 2.45) is 0 Å². The number of hydrogen-bond donors (Lipinski definition) is 0. The lowest BCUT2D eigenvalue weighted by Gasteiger charge is -2.34. The van der Waals surface area contributed by atoms with Gasteiger partial charge in [-0.1, -0.05) is 30.7 Å². The lowest BCUT2D eigenvalue weighted by atomic mass is 10.1. The Morgan fingerprint density at radius 1 is 0.969 bits per heavy atom. The van der Waals surface area contributed by atoms with Gasteiger partial charge in [0.05, 0.1) is 0 Å². The van der Waals surface area contributed by atoms with Gasteiger partial charge in [-0.05, 0) is 48.4 Å². The van der Waals surface area contributed by atoms with Gasteiger partial charge in [0.25, 0.3) is 11.8 Å². The molecule has 0 bridgehead atoms. The van der Waals surface area contributed by atoms with Gasteiger partial charge < -0.3 is 14.5 Å². The van der Waals surface area contributed by atoms with Crippen LogP contribution in [0.5, 0.6) is 5.75 Å². The number of aryl methyl sites for hydroxylation is 1. The maximum Gasteiger partial charge on any atom is 0.273 e. The number of ether oxygens (including phenoxy) is 1. The highest BCUT2D eigenvalue weighted by atomic mass is 35.5. The molecule has 2 heterocycles. The smallest absolute Gasteiger partial charge is 0.273 e. The fourth-order valence-corrected chi connectivity index (χ4v) is 4.30. The van der Waals surface area contributed by atoms with Crippen LogP contribution in [0.15, 0.2) is 53.9 Å². The molecule has 1 aliphatic rings. The van der Waals surface area contributed by atoms with E-state index >= 15 is 0 Å². The van der Waals surface area contributed by atoms with Crippen molar-refractivity contribution in [3.63, 3.8) is 0 Å². The zero-order valence-corrected chi connectivity index (χ0v) is 19.4. The number of carbonyl (C=O) groups excluding carboxylic acids is 2. The summed E-state index contributed by atoms with van der Waals surface area (Å²) >= 11 is 7.28. The number of piperazine rings is 1. The Hall–Kier alpha value is -2.90. The van der Waals surface area contributed by atoms with E-state index in [-0.39, 0.29) is 11.8 Å². The van der Waals surface area contributed by atoms with Crippen LogP contribution in [-0.2, 0) is 13.0 Å². The summed E-state index contributed by atoms with van der Waals surface area (Å²) in [7, 11) is 0. The Bertz CT molecular complexity index is 1070. The van der Waals surface area contributed by atoms with E-state index in [1.807, 2.05) is 24.3 Å². The largest absolute Gasteiger partial charge is 0.486 e. The number of benzene rings is 2. The van der Waals surface area contributed by atoms with Gasteiger partial charge >= 0.3 is 0 Å². The van der Waals surface area contributed by atoms with Crippen LogP contribution in [0.4, 0.5) is 0 Å². The van der Waals surface area contributed by atoms with E-state index in [4.69, 9.17) is 16.3 Å². The molecule has 2 aromatic carbocycles. The van der Waals surface area contributed by atoms with E-state index < -0.39 is 0 Å². The fraction of sp³-hybridized carbons (Fsp3) is 0.292. The van der Waals surface area contributed by atoms with Crippen molar-refractivity contribution < 1.29 is 14.3 Å². The molecule has 1 saturated heterocycles. The molecule has 6 nitrogen and oxygen atoms in total. The van der Waals surface area contributed by atoms with Crippen molar-refractivity contribution in [1.29, 1.82) is 0 Å². The standard InChI is InChI=1S/C24H24ClN3O3S/c1-2-17-3-5-18(6-4-17)23(29)27-11-13-28(14-12-27)24(30)21-16-32-22(26-21)15-31-20-9-7-19(25)8-10-20/h3-10,16H,2,11-15H2,1H3. The molecule has 0 spiro atoms. The summed E-state index contributed by atoms with van der Waals surface area (Å²) in [4.78, 5) is 33.6. The molecule has 4 rings (SSSR count). The maximum atomic E-state index is 12.9. The topological polar surface area (TPSA) is 62.7 Å². The minimum absolute atomic E-state index is 0.00930. The Balaban J connectivity index is 1.29. The van der Waals surface area contributed by atoms with E-state index in [0.29, 0.717) is 54.8 Å². The third-order valence-corrected chi connectivity index (χ3v) is 6.48. The molecule has 3 aromatic rings. The molecule has 2 amide bonds. The molecule has 0 N–H and O–H groups in total. The van der Waals surface area contributed by atoms with Gasteiger partial charge in [-0.2, -0.15) is 0 Å². The second kappa shape index (κ2) is 10.1. The molecule has 0 saturated carbocycles. The molecular weight excluding hydrogens is 446 g/mol. The zero-order chi connectivity index (χ0) is 22.5.